The van der Waals surface area contributed by atoms with Crippen LogP contribution in [0.25, 0.3) is 11.8 Å². The predicted octanol–water partition coefficient (Wildman–Crippen LogP) is 2.76. The summed E-state index contributed by atoms with van der Waals surface area (Å²) in [6.07, 6.45) is 12.9. The van der Waals surface area contributed by atoms with Crippen LogP contribution in [-0.4, -0.2) is 11.4 Å². The second kappa shape index (κ2) is 4.60. The summed E-state index contributed by atoms with van der Waals surface area (Å²) in [6, 6.07) is 6.51. The van der Waals surface area contributed by atoms with Crippen LogP contribution in [0.4, 0.5) is 0 Å². The van der Waals surface area contributed by atoms with Crippen LogP contribution in [0.15, 0.2) is 52.8 Å². The molecule has 0 spiro atoms. The molecule has 0 saturated carbocycles. The molecule has 0 aromatic heterocycles. The van der Waals surface area contributed by atoms with E-state index < -0.39 is 0 Å². The Morgan fingerprint density at radius 2 is 2.19 bits per heavy atom. The highest BCUT2D eigenvalue weighted by atomic mass is 35.5. The highest BCUT2D eigenvalue weighted by Crippen LogP contribution is 2.39. The fourth-order valence-corrected chi connectivity index (χ4v) is 3.95. The number of hydrogen-bond acceptors (Lipinski definition) is 2. The molecule has 3 aliphatic heterocycles. The lowest BCUT2D eigenvalue weighted by Crippen LogP contribution is -2.44. The molecule has 0 amide bonds. The van der Waals surface area contributed by atoms with Crippen LogP contribution in [-0.2, 0) is 0 Å². The van der Waals surface area contributed by atoms with Crippen molar-refractivity contribution >= 4 is 24.2 Å². The number of nitrogens with zero attached hydrogens (tertiary/aromatic N) is 2. The molecule has 1 unspecified atom stereocenters. The van der Waals surface area contributed by atoms with Gasteiger partial charge < -0.3 is 4.90 Å². The van der Waals surface area contributed by atoms with E-state index in [4.69, 9.17) is 4.99 Å². The molecule has 0 bridgehead atoms. The van der Waals surface area contributed by atoms with Crippen molar-refractivity contribution in [1.82, 2.24) is 4.90 Å². The van der Waals surface area contributed by atoms with Gasteiger partial charge in [0.15, 0.2) is 0 Å². The van der Waals surface area contributed by atoms with E-state index in [-0.39, 0.29) is 12.4 Å². The molecule has 2 nitrogen and oxygen atoms in total. The summed E-state index contributed by atoms with van der Waals surface area (Å²) in [7, 11) is 0. The minimum atomic E-state index is 0. The zero-order chi connectivity index (χ0) is 13.1. The molecule has 1 aromatic rings. The van der Waals surface area contributed by atoms with E-state index in [1.165, 1.54) is 47.1 Å². The summed E-state index contributed by atoms with van der Waals surface area (Å²) in [5.41, 5.74) is 5.48. The molecular weight excluding hydrogens is 280 g/mol. The van der Waals surface area contributed by atoms with Gasteiger partial charge in [-0.15, -0.1) is 12.4 Å². The fraction of sp³-hybridized carbons (Fsp3) is 0.278. The maximum atomic E-state index is 4.94. The summed E-state index contributed by atoms with van der Waals surface area (Å²) in [5, 5.41) is 2.54. The van der Waals surface area contributed by atoms with Crippen molar-refractivity contribution in [2.45, 2.75) is 19.3 Å². The number of benzene rings is 1. The number of fused-ring (bicyclic) bond motifs is 4. The van der Waals surface area contributed by atoms with Gasteiger partial charge in [0.25, 0.3) is 0 Å². The van der Waals surface area contributed by atoms with Crippen molar-refractivity contribution in [2.75, 3.05) is 6.54 Å². The molecule has 3 heterocycles. The Hall–Kier alpha value is -1.80. The summed E-state index contributed by atoms with van der Waals surface area (Å²) in [5.74, 6) is 0.501. The molecular formula is C18H17ClN2. The molecule has 0 saturated heterocycles. The van der Waals surface area contributed by atoms with E-state index in [1.807, 2.05) is 0 Å². The summed E-state index contributed by atoms with van der Waals surface area (Å²) in [4.78, 5) is 7.43. The zero-order valence-corrected chi connectivity index (χ0v) is 12.6. The SMILES string of the molecule is C1=CC2=Cc3cccc4c3=C(C3CCCC=C3N=4)N2C1.Cl. The van der Waals surface area contributed by atoms with Crippen LogP contribution >= 0.6 is 12.4 Å². The second-order valence-corrected chi connectivity index (χ2v) is 5.93. The molecule has 106 valence electrons. The van der Waals surface area contributed by atoms with Gasteiger partial charge in [0.2, 0.25) is 0 Å². The smallest absolute Gasteiger partial charge is 0.0729 e. The third kappa shape index (κ3) is 1.69. The first-order valence-electron chi connectivity index (χ1n) is 7.49. The molecule has 1 aliphatic carbocycles. The number of halogens is 1. The average molecular weight is 297 g/mol. The Morgan fingerprint density at radius 3 is 3.14 bits per heavy atom. The van der Waals surface area contributed by atoms with Crippen LogP contribution < -0.4 is 10.6 Å². The van der Waals surface area contributed by atoms with Gasteiger partial charge in [0.05, 0.1) is 5.36 Å². The Bertz CT molecular complexity index is 829. The van der Waals surface area contributed by atoms with E-state index >= 15 is 0 Å². The topological polar surface area (TPSA) is 15.6 Å². The third-order valence-electron chi connectivity index (χ3n) is 4.80. The largest absolute Gasteiger partial charge is 0.340 e. The highest BCUT2D eigenvalue weighted by Gasteiger charge is 2.33. The lowest BCUT2D eigenvalue weighted by atomic mass is 9.84. The minimum Gasteiger partial charge on any atom is -0.340 e. The molecule has 1 aromatic carbocycles. The quantitative estimate of drug-likeness (QED) is 0.719. The van der Waals surface area contributed by atoms with Gasteiger partial charge >= 0.3 is 0 Å². The zero-order valence-electron chi connectivity index (χ0n) is 11.7. The average Bonchev–Trinajstić information content (AvgIpc) is 2.95. The Morgan fingerprint density at radius 1 is 1.24 bits per heavy atom. The van der Waals surface area contributed by atoms with Gasteiger partial charge in [-0.05, 0) is 43.0 Å². The van der Waals surface area contributed by atoms with Gasteiger partial charge in [0, 0.05) is 34.8 Å². The normalized spacial score (nSPS) is 24.1. The van der Waals surface area contributed by atoms with Crippen molar-refractivity contribution in [3.63, 3.8) is 0 Å². The van der Waals surface area contributed by atoms with Gasteiger partial charge in [-0.2, -0.15) is 0 Å². The molecule has 3 heteroatoms. The van der Waals surface area contributed by atoms with Crippen LogP contribution in [0.2, 0.25) is 0 Å². The summed E-state index contributed by atoms with van der Waals surface area (Å²) >= 11 is 0. The maximum absolute atomic E-state index is 4.94. The van der Waals surface area contributed by atoms with Crippen molar-refractivity contribution in [3.8, 4) is 0 Å². The predicted molar refractivity (Wildman–Crippen MR) is 87.1 cm³/mol. The Labute approximate surface area is 130 Å². The van der Waals surface area contributed by atoms with E-state index in [0.29, 0.717) is 5.92 Å². The van der Waals surface area contributed by atoms with Crippen LogP contribution in [0.3, 0.4) is 0 Å². The first-order chi connectivity index (χ1) is 9.92. The van der Waals surface area contributed by atoms with Crippen molar-refractivity contribution in [3.05, 3.63) is 64.0 Å². The van der Waals surface area contributed by atoms with E-state index in [9.17, 15) is 0 Å². The van der Waals surface area contributed by atoms with Crippen molar-refractivity contribution in [2.24, 2.45) is 10.9 Å². The van der Waals surface area contributed by atoms with E-state index in [2.05, 4.69) is 47.4 Å². The third-order valence-corrected chi connectivity index (χ3v) is 4.80. The van der Waals surface area contributed by atoms with Crippen LogP contribution in [0.5, 0.6) is 0 Å². The fourth-order valence-electron chi connectivity index (χ4n) is 3.95. The summed E-state index contributed by atoms with van der Waals surface area (Å²) < 4.78 is 0. The van der Waals surface area contributed by atoms with Crippen molar-refractivity contribution in [1.29, 1.82) is 0 Å². The number of hydrogen-bond donors (Lipinski definition) is 0. The number of rotatable bonds is 0. The molecule has 0 fully saturated rings. The Balaban J connectivity index is 0.00000115. The lowest BCUT2D eigenvalue weighted by molar-refractivity contribution is 0.475. The molecule has 0 radical (unpaired) electrons. The molecule has 21 heavy (non-hydrogen) atoms. The highest BCUT2D eigenvalue weighted by molar-refractivity contribution is 5.85. The summed E-state index contributed by atoms with van der Waals surface area (Å²) in [6.45, 7) is 1.01. The monoisotopic (exact) mass is 296 g/mol. The van der Waals surface area contributed by atoms with Crippen LogP contribution in [0, 0.1) is 5.92 Å². The first-order valence-corrected chi connectivity index (χ1v) is 7.49. The Kier molecular flexibility index (Phi) is 2.83. The minimum absolute atomic E-state index is 0. The van der Waals surface area contributed by atoms with E-state index in [1.54, 1.807) is 0 Å². The molecule has 5 rings (SSSR count). The standard InChI is InChI=1S/C18H16N2.ClH/c1-2-8-15-14(7-1)18-17-12(5-3-9-16(17)19-15)11-13-6-4-10-20(13)18;/h3-6,8-9,11,14H,1-2,7,10H2;1H. The van der Waals surface area contributed by atoms with Gasteiger partial charge in [-0.25, -0.2) is 0 Å². The lowest BCUT2D eigenvalue weighted by Gasteiger charge is -2.36. The van der Waals surface area contributed by atoms with Gasteiger partial charge in [0.1, 0.15) is 0 Å². The molecule has 0 N–H and O–H groups in total. The van der Waals surface area contributed by atoms with Gasteiger partial charge in [-0.1, -0.05) is 24.3 Å². The van der Waals surface area contributed by atoms with Crippen LogP contribution in [0.1, 0.15) is 24.8 Å². The second-order valence-electron chi connectivity index (χ2n) is 5.93. The number of allylic oxidation sites excluding steroid dienone is 2. The van der Waals surface area contributed by atoms with Crippen molar-refractivity contribution < 1.29 is 0 Å². The van der Waals surface area contributed by atoms with Gasteiger partial charge in [-0.3, -0.25) is 4.99 Å². The van der Waals surface area contributed by atoms with E-state index in [0.717, 1.165) is 11.9 Å². The first kappa shape index (κ1) is 12.9. The molecule has 1 atom stereocenters. The maximum Gasteiger partial charge on any atom is 0.0729 e. The molecule has 4 aliphatic rings.